The molecule has 26 heavy (non-hydrogen) atoms. The standard InChI is InChI=1S/C21H29N3O.ClH/c1-14-10-15(2)12-19(11-14)24-16(3)13-20(17(24)4)21(25)23(5)18-6-8-22-9-7-18;/h10-13,18,22H,6-9H2,1-5H3;1H. The number of carbonyl (C=O) groups excluding carboxylic acids is 1. The van der Waals surface area contributed by atoms with Gasteiger partial charge < -0.3 is 14.8 Å². The smallest absolute Gasteiger partial charge is 0.255 e. The first-order chi connectivity index (χ1) is 11.9. The van der Waals surface area contributed by atoms with Crippen molar-refractivity contribution >= 4 is 18.3 Å². The Bertz CT molecular complexity index is 771. The van der Waals surface area contributed by atoms with Crippen LogP contribution in [0.1, 0.15) is 45.7 Å². The predicted molar refractivity (Wildman–Crippen MR) is 110 cm³/mol. The summed E-state index contributed by atoms with van der Waals surface area (Å²) in [6, 6.07) is 8.90. The Hall–Kier alpha value is -1.78. The lowest BCUT2D eigenvalue weighted by Gasteiger charge is -2.31. The van der Waals surface area contributed by atoms with Crippen molar-refractivity contribution in [2.45, 2.75) is 46.6 Å². The number of hydrogen-bond donors (Lipinski definition) is 1. The van der Waals surface area contributed by atoms with Crippen molar-refractivity contribution < 1.29 is 4.79 Å². The van der Waals surface area contributed by atoms with Crippen LogP contribution in [0.5, 0.6) is 0 Å². The van der Waals surface area contributed by atoms with Crippen LogP contribution in [0.4, 0.5) is 0 Å². The van der Waals surface area contributed by atoms with Crippen LogP contribution in [0.15, 0.2) is 24.3 Å². The first-order valence-corrected chi connectivity index (χ1v) is 9.14. The van der Waals surface area contributed by atoms with Gasteiger partial charge in [-0.25, -0.2) is 0 Å². The molecule has 4 nitrogen and oxygen atoms in total. The van der Waals surface area contributed by atoms with Crippen molar-refractivity contribution in [1.29, 1.82) is 0 Å². The van der Waals surface area contributed by atoms with Gasteiger partial charge in [0.1, 0.15) is 0 Å². The van der Waals surface area contributed by atoms with Crippen LogP contribution in [-0.2, 0) is 0 Å². The number of carbonyl (C=O) groups is 1. The maximum Gasteiger partial charge on any atom is 0.255 e. The van der Waals surface area contributed by atoms with E-state index in [0.717, 1.165) is 48.6 Å². The maximum absolute atomic E-state index is 13.1. The molecule has 1 fully saturated rings. The van der Waals surface area contributed by atoms with Crippen LogP contribution in [0, 0.1) is 27.7 Å². The Kier molecular flexibility index (Phi) is 6.53. The molecule has 1 aromatic carbocycles. The SMILES string of the molecule is Cc1cc(C)cc(-n2c(C)cc(C(=O)N(C)C3CCNCC3)c2C)c1.Cl. The molecule has 3 rings (SSSR count). The van der Waals surface area contributed by atoms with E-state index in [4.69, 9.17) is 0 Å². The molecule has 1 aliphatic rings. The fraction of sp³-hybridized carbons (Fsp3) is 0.476. The first kappa shape index (κ1) is 20.5. The van der Waals surface area contributed by atoms with Crippen LogP contribution in [-0.4, -0.2) is 41.6 Å². The summed E-state index contributed by atoms with van der Waals surface area (Å²) in [5.74, 6) is 0.135. The molecule has 1 aliphatic heterocycles. The Morgan fingerprint density at radius 2 is 1.62 bits per heavy atom. The molecule has 0 aliphatic carbocycles. The van der Waals surface area contributed by atoms with E-state index in [1.807, 2.05) is 24.9 Å². The van der Waals surface area contributed by atoms with E-state index in [1.165, 1.54) is 11.1 Å². The minimum atomic E-state index is 0. The van der Waals surface area contributed by atoms with Crippen LogP contribution in [0.25, 0.3) is 5.69 Å². The van der Waals surface area contributed by atoms with Gasteiger partial charge in [-0.2, -0.15) is 0 Å². The van der Waals surface area contributed by atoms with E-state index in [0.29, 0.717) is 6.04 Å². The molecular weight excluding hydrogens is 346 g/mol. The number of rotatable bonds is 3. The average molecular weight is 376 g/mol. The second-order valence-corrected chi connectivity index (χ2v) is 7.36. The number of aryl methyl sites for hydroxylation is 3. The summed E-state index contributed by atoms with van der Waals surface area (Å²) in [5, 5.41) is 3.36. The second kappa shape index (κ2) is 8.28. The van der Waals surface area contributed by atoms with Crippen LogP contribution >= 0.6 is 12.4 Å². The molecular formula is C21H30ClN3O. The van der Waals surface area contributed by atoms with E-state index >= 15 is 0 Å². The van der Waals surface area contributed by atoms with Crippen LogP contribution in [0.3, 0.4) is 0 Å². The number of benzene rings is 1. The zero-order valence-corrected chi connectivity index (χ0v) is 17.2. The zero-order valence-electron chi connectivity index (χ0n) is 16.4. The van der Waals surface area contributed by atoms with Gasteiger partial charge in [0, 0.05) is 30.2 Å². The summed E-state index contributed by atoms with van der Waals surface area (Å²) in [6.45, 7) is 10.3. The molecule has 2 aromatic rings. The Morgan fingerprint density at radius 1 is 1.04 bits per heavy atom. The van der Waals surface area contributed by atoms with Gasteiger partial charge in [0.05, 0.1) is 5.56 Å². The normalized spacial score (nSPS) is 14.8. The van der Waals surface area contributed by atoms with Gasteiger partial charge in [-0.3, -0.25) is 4.79 Å². The highest BCUT2D eigenvalue weighted by Crippen LogP contribution is 2.24. The third-order valence-corrected chi connectivity index (χ3v) is 5.30. The highest BCUT2D eigenvalue weighted by atomic mass is 35.5. The van der Waals surface area contributed by atoms with Crippen LogP contribution in [0.2, 0.25) is 0 Å². The Morgan fingerprint density at radius 3 is 2.19 bits per heavy atom. The van der Waals surface area contributed by atoms with Crippen molar-refractivity contribution in [2.75, 3.05) is 20.1 Å². The molecule has 1 amide bonds. The van der Waals surface area contributed by atoms with Crippen molar-refractivity contribution in [3.8, 4) is 5.69 Å². The molecule has 0 unspecified atom stereocenters. The largest absolute Gasteiger partial charge is 0.339 e. The number of amides is 1. The summed E-state index contributed by atoms with van der Waals surface area (Å²) in [4.78, 5) is 15.0. The average Bonchev–Trinajstić information content (AvgIpc) is 2.88. The molecule has 1 N–H and O–H groups in total. The van der Waals surface area contributed by atoms with Gasteiger partial charge in [0.2, 0.25) is 0 Å². The quantitative estimate of drug-likeness (QED) is 0.881. The number of nitrogens with zero attached hydrogens (tertiary/aromatic N) is 2. The molecule has 5 heteroatoms. The number of hydrogen-bond acceptors (Lipinski definition) is 2. The number of nitrogens with one attached hydrogen (secondary N) is 1. The summed E-state index contributed by atoms with van der Waals surface area (Å²) in [5.41, 5.74) is 6.55. The predicted octanol–water partition coefficient (Wildman–Crippen LogP) is 3.96. The Labute approximate surface area is 163 Å². The van der Waals surface area contributed by atoms with E-state index in [2.05, 4.69) is 48.9 Å². The van der Waals surface area contributed by atoms with E-state index in [1.54, 1.807) is 0 Å². The molecule has 0 spiro atoms. The zero-order chi connectivity index (χ0) is 18.1. The lowest BCUT2D eigenvalue weighted by atomic mass is 10.0. The van der Waals surface area contributed by atoms with Gasteiger partial charge in [-0.15, -0.1) is 12.4 Å². The highest BCUT2D eigenvalue weighted by Gasteiger charge is 2.26. The minimum Gasteiger partial charge on any atom is -0.339 e. The number of aromatic nitrogens is 1. The highest BCUT2D eigenvalue weighted by molar-refractivity contribution is 5.96. The van der Waals surface area contributed by atoms with Crippen molar-refractivity contribution in [1.82, 2.24) is 14.8 Å². The molecule has 0 atom stereocenters. The van der Waals surface area contributed by atoms with Crippen molar-refractivity contribution in [3.05, 3.63) is 52.3 Å². The Balaban J connectivity index is 0.00000243. The summed E-state index contributed by atoms with van der Waals surface area (Å²) in [7, 11) is 1.95. The molecule has 1 saturated heterocycles. The molecule has 0 radical (unpaired) electrons. The summed E-state index contributed by atoms with van der Waals surface area (Å²) >= 11 is 0. The first-order valence-electron chi connectivity index (χ1n) is 9.14. The van der Waals surface area contributed by atoms with E-state index in [-0.39, 0.29) is 18.3 Å². The van der Waals surface area contributed by atoms with Gasteiger partial charge >= 0.3 is 0 Å². The van der Waals surface area contributed by atoms with Crippen LogP contribution < -0.4 is 5.32 Å². The topological polar surface area (TPSA) is 37.3 Å². The minimum absolute atomic E-state index is 0. The molecule has 1 aromatic heterocycles. The molecule has 0 bridgehead atoms. The molecule has 2 heterocycles. The van der Waals surface area contributed by atoms with Gasteiger partial charge in [-0.05, 0) is 83.0 Å². The lowest BCUT2D eigenvalue weighted by Crippen LogP contribution is -2.44. The van der Waals surface area contributed by atoms with Crippen molar-refractivity contribution in [2.24, 2.45) is 0 Å². The van der Waals surface area contributed by atoms with Crippen molar-refractivity contribution in [3.63, 3.8) is 0 Å². The second-order valence-electron chi connectivity index (χ2n) is 7.36. The van der Waals surface area contributed by atoms with Gasteiger partial charge in [0.15, 0.2) is 0 Å². The maximum atomic E-state index is 13.1. The molecule has 142 valence electrons. The third kappa shape index (κ3) is 3.97. The van der Waals surface area contributed by atoms with Gasteiger partial charge in [0.25, 0.3) is 5.91 Å². The van der Waals surface area contributed by atoms with Gasteiger partial charge in [-0.1, -0.05) is 6.07 Å². The summed E-state index contributed by atoms with van der Waals surface area (Å²) in [6.07, 6.45) is 2.05. The number of piperidine rings is 1. The third-order valence-electron chi connectivity index (χ3n) is 5.30. The molecule has 0 saturated carbocycles. The summed E-state index contributed by atoms with van der Waals surface area (Å²) < 4.78 is 2.20. The lowest BCUT2D eigenvalue weighted by molar-refractivity contribution is 0.0702. The number of halogens is 1. The fourth-order valence-electron chi connectivity index (χ4n) is 4.01. The monoisotopic (exact) mass is 375 g/mol. The van der Waals surface area contributed by atoms with E-state index in [9.17, 15) is 4.79 Å². The van der Waals surface area contributed by atoms with E-state index < -0.39 is 0 Å². The fourth-order valence-corrected chi connectivity index (χ4v) is 4.01.